The van der Waals surface area contributed by atoms with E-state index in [2.05, 4.69) is 12.2 Å². The number of halogens is 6. The van der Waals surface area contributed by atoms with E-state index in [1.165, 1.54) is 44.9 Å². The highest BCUT2D eigenvalue weighted by Gasteiger charge is 2.36. The lowest BCUT2D eigenvalue weighted by atomic mass is 10.0. The van der Waals surface area contributed by atoms with Gasteiger partial charge in [0.15, 0.2) is 0 Å². The van der Waals surface area contributed by atoms with Crippen molar-refractivity contribution in [3.8, 4) is 0 Å². The maximum atomic E-state index is 12.9. The molecule has 206 valence electrons. The van der Waals surface area contributed by atoms with Crippen LogP contribution in [-0.4, -0.2) is 18.5 Å². The van der Waals surface area contributed by atoms with Gasteiger partial charge < -0.3 is 10.1 Å². The average Bonchev–Trinajstić information content (AvgIpc) is 2.80. The molecular formula is C26H37F6NO3. The van der Waals surface area contributed by atoms with Crippen LogP contribution in [0.3, 0.4) is 0 Å². The molecule has 1 aromatic rings. The Morgan fingerprint density at radius 3 is 1.72 bits per heavy atom. The highest BCUT2D eigenvalue weighted by atomic mass is 19.4. The highest BCUT2D eigenvalue weighted by molar-refractivity contribution is 5.77. The van der Waals surface area contributed by atoms with Crippen LogP contribution in [0.1, 0.15) is 107 Å². The lowest BCUT2D eigenvalue weighted by Crippen LogP contribution is -2.23. The first kappa shape index (κ1) is 31.8. The Morgan fingerprint density at radius 2 is 1.22 bits per heavy atom. The summed E-state index contributed by atoms with van der Waals surface area (Å²) in [6.45, 7) is 2.02. The summed E-state index contributed by atoms with van der Waals surface area (Å²) in [6.07, 6.45) is 1.81. The van der Waals surface area contributed by atoms with Crippen molar-refractivity contribution in [2.45, 2.75) is 109 Å². The van der Waals surface area contributed by atoms with Crippen LogP contribution in [-0.2, 0) is 33.2 Å². The van der Waals surface area contributed by atoms with Gasteiger partial charge in [-0.3, -0.25) is 9.59 Å². The zero-order chi connectivity index (χ0) is 27.0. The minimum atomic E-state index is -4.95. The molecule has 0 spiro atoms. The van der Waals surface area contributed by atoms with Crippen LogP contribution >= 0.6 is 0 Å². The number of carbonyl (C=O) groups excluding carboxylic acids is 2. The Morgan fingerprint density at radius 1 is 0.722 bits per heavy atom. The predicted molar refractivity (Wildman–Crippen MR) is 125 cm³/mol. The number of hydrogen-bond donors (Lipinski definition) is 1. The SMILES string of the molecule is CCCCCCCCCCCCOC(=O)CCCC(=O)NCc1cc(C(F)(F)F)cc(C(F)(F)F)c1. The summed E-state index contributed by atoms with van der Waals surface area (Å²) in [5.74, 6) is -1.02. The molecule has 0 aromatic heterocycles. The Balaban J connectivity index is 2.22. The molecular weight excluding hydrogens is 488 g/mol. The molecule has 0 bridgehead atoms. The van der Waals surface area contributed by atoms with Crippen LogP contribution in [0.15, 0.2) is 18.2 Å². The van der Waals surface area contributed by atoms with Crippen molar-refractivity contribution in [2.24, 2.45) is 0 Å². The van der Waals surface area contributed by atoms with E-state index in [-0.39, 0.29) is 30.9 Å². The molecule has 1 N–H and O–H groups in total. The zero-order valence-electron chi connectivity index (χ0n) is 20.8. The van der Waals surface area contributed by atoms with Gasteiger partial charge in [0.1, 0.15) is 0 Å². The van der Waals surface area contributed by atoms with Gasteiger partial charge in [0, 0.05) is 19.4 Å². The minimum absolute atomic E-state index is 0.00691. The highest BCUT2D eigenvalue weighted by Crippen LogP contribution is 2.36. The molecule has 0 atom stereocenters. The Bertz CT molecular complexity index is 761. The molecule has 10 heteroatoms. The van der Waals surface area contributed by atoms with Crippen molar-refractivity contribution in [2.75, 3.05) is 6.61 Å². The molecule has 1 aromatic carbocycles. The molecule has 0 heterocycles. The van der Waals surface area contributed by atoms with Crippen LogP contribution in [0.25, 0.3) is 0 Å². The lowest BCUT2D eigenvalue weighted by Gasteiger charge is -2.14. The molecule has 1 amide bonds. The molecule has 1 rings (SSSR count). The molecule has 4 nitrogen and oxygen atoms in total. The van der Waals surface area contributed by atoms with Gasteiger partial charge in [0.25, 0.3) is 0 Å². The third kappa shape index (κ3) is 14.3. The Kier molecular flexibility index (Phi) is 14.5. The van der Waals surface area contributed by atoms with Crippen LogP contribution in [0, 0.1) is 0 Å². The van der Waals surface area contributed by atoms with Crippen molar-refractivity contribution < 1.29 is 40.7 Å². The second kappa shape index (κ2) is 16.5. The van der Waals surface area contributed by atoms with E-state index in [1.54, 1.807) is 0 Å². The van der Waals surface area contributed by atoms with Crippen molar-refractivity contribution >= 4 is 11.9 Å². The van der Waals surface area contributed by atoms with Crippen molar-refractivity contribution in [3.63, 3.8) is 0 Å². The van der Waals surface area contributed by atoms with Gasteiger partial charge in [-0.05, 0) is 36.6 Å². The van der Waals surface area contributed by atoms with Gasteiger partial charge in [-0.15, -0.1) is 0 Å². The third-order valence-corrected chi connectivity index (χ3v) is 5.68. The summed E-state index contributed by atoms with van der Waals surface area (Å²) in [6, 6.07) is 1.17. The largest absolute Gasteiger partial charge is 0.466 e. The lowest BCUT2D eigenvalue weighted by molar-refractivity contribution is -0.144. The minimum Gasteiger partial charge on any atom is -0.466 e. The maximum absolute atomic E-state index is 12.9. The quantitative estimate of drug-likeness (QED) is 0.127. The van der Waals surface area contributed by atoms with Gasteiger partial charge in [0.05, 0.1) is 17.7 Å². The first-order chi connectivity index (χ1) is 16.9. The monoisotopic (exact) mass is 525 g/mol. The zero-order valence-corrected chi connectivity index (χ0v) is 20.8. The smallest absolute Gasteiger partial charge is 0.416 e. The number of amides is 1. The summed E-state index contributed by atoms with van der Waals surface area (Å²) in [5.41, 5.74) is -3.19. The molecule has 0 aliphatic heterocycles. The molecule has 0 saturated heterocycles. The third-order valence-electron chi connectivity index (χ3n) is 5.68. The Labute approximate surface area is 209 Å². The summed E-state index contributed by atoms with van der Waals surface area (Å²) in [4.78, 5) is 23.7. The number of unbranched alkanes of at least 4 members (excludes halogenated alkanes) is 9. The fourth-order valence-electron chi connectivity index (χ4n) is 3.65. The van der Waals surface area contributed by atoms with Crippen LogP contribution in [0.2, 0.25) is 0 Å². The van der Waals surface area contributed by atoms with Gasteiger partial charge in [-0.2, -0.15) is 26.3 Å². The number of carbonyl (C=O) groups is 2. The number of rotatable bonds is 17. The van der Waals surface area contributed by atoms with Crippen LogP contribution in [0.4, 0.5) is 26.3 Å². The standard InChI is InChI=1S/C26H37F6NO3/c1-2-3-4-5-6-7-8-9-10-11-15-36-24(35)14-12-13-23(34)33-19-20-16-21(25(27,28)29)18-22(17-20)26(30,31)32/h16-18H,2-15,19H2,1H3,(H,33,34). The molecule has 36 heavy (non-hydrogen) atoms. The molecule has 0 fully saturated rings. The summed E-state index contributed by atoms with van der Waals surface area (Å²) >= 11 is 0. The van der Waals surface area contributed by atoms with E-state index in [1.807, 2.05) is 0 Å². The van der Waals surface area contributed by atoms with Crippen molar-refractivity contribution in [3.05, 3.63) is 34.9 Å². The van der Waals surface area contributed by atoms with Gasteiger partial charge in [0.2, 0.25) is 5.91 Å². The topological polar surface area (TPSA) is 55.4 Å². The first-order valence-corrected chi connectivity index (χ1v) is 12.6. The normalized spacial score (nSPS) is 12.0. The average molecular weight is 526 g/mol. The molecule has 0 saturated carbocycles. The van der Waals surface area contributed by atoms with E-state index in [4.69, 9.17) is 4.74 Å². The fourth-order valence-corrected chi connectivity index (χ4v) is 3.65. The number of hydrogen-bond acceptors (Lipinski definition) is 3. The maximum Gasteiger partial charge on any atom is 0.416 e. The van der Waals surface area contributed by atoms with E-state index in [0.717, 1.165) is 19.3 Å². The second-order valence-corrected chi connectivity index (χ2v) is 8.95. The predicted octanol–water partition coefficient (Wildman–Crippen LogP) is 7.97. The molecule has 0 aliphatic rings. The van der Waals surface area contributed by atoms with Gasteiger partial charge >= 0.3 is 18.3 Å². The van der Waals surface area contributed by atoms with Crippen molar-refractivity contribution in [1.29, 1.82) is 0 Å². The molecule has 0 aliphatic carbocycles. The number of esters is 1. The van der Waals surface area contributed by atoms with Gasteiger partial charge in [-0.25, -0.2) is 0 Å². The number of nitrogens with one attached hydrogen (secondary N) is 1. The molecule has 0 radical (unpaired) electrons. The van der Waals surface area contributed by atoms with E-state index in [0.29, 0.717) is 18.7 Å². The number of alkyl halides is 6. The summed E-state index contributed by atoms with van der Waals surface area (Å²) in [5, 5.41) is 2.29. The van der Waals surface area contributed by atoms with E-state index < -0.39 is 41.9 Å². The first-order valence-electron chi connectivity index (χ1n) is 12.6. The second-order valence-electron chi connectivity index (χ2n) is 8.95. The van der Waals surface area contributed by atoms with Crippen molar-refractivity contribution in [1.82, 2.24) is 5.32 Å². The van der Waals surface area contributed by atoms with Gasteiger partial charge in [-0.1, -0.05) is 64.7 Å². The van der Waals surface area contributed by atoms with E-state index in [9.17, 15) is 35.9 Å². The summed E-state index contributed by atoms with van der Waals surface area (Å²) < 4.78 is 82.6. The fraction of sp³-hybridized carbons (Fsp3) is 0.692. The number of benzene rings is 1. The van der Waals surface area contributed by atoms with Crippen LogP contribution < -0.4 is 5.32 Å². The molecule has 0 unspecified atom stereocenters. The van der Waals surface area contributed by atoms with Crippen LogP contribution in [0.5, 0.6) is 0 Å². The number of ether oxygens (including phenoxy) is 1. The van der Waals surface area contributed by atoms with E-state index >= 15 is 0 Å². The summed E-state index contributed by atoms with van der Waals surface area (Å²) in [7, 11) is 0. The Hall–Kier alpha value is -2.26.